The Bertz CT molecular complexity index is 583. The summed E-state index contributed by atoms with van der Waals surface area (Å²) < 4.78 is 7.62. The summed E-state index contributed by atoms with van der Waals surface area (Å²) in [6, 6.07) is 5.55. The number of aryl methyl sites for hydroxylation is 2. The zero-order valence-electron chi connectivity index (χ0n) is 11.6. The van der Waals surface area contributed by atoms with Crippen LogP contribution < -0.4 is 10.5 Å². The fourth-order valence-corrected chi connectivity index (χ4v) is 2.06. The molecule has 3 N–H and O–H groups in total. The van der Waals surface area contributed by atoms with Crippen molar-refractivity contribution in [1.82, 2.24) is 9.78 Å². The van der Waals surface area contributed by atoms with Crippen LogP contribution in [0.2, 0.25) is 0 Å². The molecule has 0 aliphatic heterocycles. The number of aromatic nitrogens is 2. The van der Waals surface area contributed by atoms with Crippen LogP contribution in [0.25, 0.3) is 0 Å². The number of oxime groups is 1. The molecule has 0 unspecified atom stereocenters. The van der Waals surface area contributed by atoms with Gasteiger partial charge < -0.3 is 15.7 Å². The summed E-state index contributed by atoms with van der Waals surface area (Å²) in [4.78, 5) is 0. The van der Waals surface area contributed by atoms with Gasteiger partial charge in [0.05, 0.1) is 6.54 Å². The Hall–Kier alpha value is -2.50. The van der Waals surface area contributed by atoms with Gasteiger partial charge in [0.1, 0.15) is 12.4 Å². The van der Waals surface area contributed by atoms with Gasteiger partial charge in [-0.15, -0.1) is 0 Å². The predicted molar refractivity (Wildman–Crippen MR) is 76.1 cm³/mol. The Morgan fingerprint density at radius 1 is 1.40 bits per heavy atom. The molecule has 1 aromatic heterocycles. The topological polar surface area (TPSA) is 85.7 Å². The van der Waals surface area contributed by atoms with Crippen molar-refractivity contribution >= 4 is 5.84 Å². The van der Waals surface area contributed by atoms with Crippen molar-refractivity contribution in [2.75, 3.05) is 6.61 Å². The van der Waals surface area contributed by atoms with Gasteiger partial charge in [-0.2, -0.15) is 5.10 Å². The van der Waals surface area contributed by atoms with E-state index in [2.05, 4.69) is 10.3 Å². The second-order valence-electron chi connectivity index (χ2n) is 4.54. The van der Waals surface area contributed by atoms with Gasteiger partial charge in [0.25, 0.3) is 0 Å². The Balaban J connectivity index is 2.08. The second-order valence-corrected chi connectivity index (χ2v) is 4.54. The first-order valence-electron chi connectivity index (χ1n) is 6.31. The van der Waals surface area contributed by atoms with Crippen LogP contribution in [0, 0.1) is 13.8 Å². The van der Waals surface area contributed by atoms with E-state index in [-0.39, 0.29) is 5.84 Å². The number of amidine groups is 1. The maximum atomic E-state index is 8.71. The van der Waals surface area contributed by atoms with E-state index in [1.54, 1.807) is 6.20 Å². The number of ether oxygens (including phenoxy) is 1. The number of nitrogens with zero attached hydrogens (tertiary/aromatic N) is 3. The van der Waals surface area contributed by atoms with Crippen molar-refractivity contribution in [3.05, 3.63) is 47.3 Å². The standard InChI is InChI=1S/C14H18N4O2/c1-10-8-12(14(15)17-19)9-11(2)13(10)20-7-6-18-5-3-4-16-18/h3-5,8-9,19H,6-7H2,1-2H3,(H2,15,17). The fraction of sp³-hybridized carbons (Fsp3) is 0.286. The van der Waals surface area contributed by atoms with Crippen molar-refractivity contribution in [3.63, 3.8) is 0 Å². The molecule has 0 aliphatic carbocycles. The Kier molecular flexibility index (Phi) is 4.24. The molecule has 0 amide bonds. The van der Waals surface area contributed by atoms with Gasteiger partial charge in [0.15, 0.2) is 5.84 Å². The molecule has 2 aromatic rings. The largest absolute Gasteiger partial charge is 0.491 e. The normalized spacial score (nSPS) is 11.6. The molecular formula is C14H18N4O2. The molecule has 0 atom stereocenters. The van der Waals surface area contributed by atoms with Crippen LogP contribution in [-0.2, 0) is 6.54 Å². The van der Waals surface area contributed by atoms with E-state index < -0.39 is 0 Å². The molecule has 0 aliphatic rings. The van der Waals surface area contributed by atoms with E-state index in [0.717, 1.165) is 16.9 Å². The molecule has 0 radical (unpaired) electrons. The molecule has 1 aromatic carbocycles. The van der Waals surface area contributed by atoms with Crippen LogP contribution in [0.1, 0.15) is 16.7 Å². The fourth-order valence-electron chi connectivity index (χ4n) is 2.06. The first kappa shape index (κ1) is 13.9. The highest BCUT2D eigenvalue weighted by Gasteiger charge is 2.09. The molecule has 0 bridgehead atoms. The van der Waals surface area contributed by atoms with E-state index in [0.29, 0.717) is 18.7 Å². The Morgan fingerprint density at radius 3 is 2.65 bits per heavy atom. The number of hydrogen-bond acceptors (Lipinski definition) is 4. The highest BCUT2D eigenvalue weighted by Crippen LogP contribution is 2.24. The molecule has 20 heavy (non-hydrogen) atoms. The summed E-state index contributed by atoms with van der Waals surface area (Å²) in [5.41, 5.74) is 8.18. The van der Waals surface area contributed by atoms with Crippen LogP contribution in [0.5, 0.6) is 5.75 Å². The smallest absolute Gasteiger partial charge is 0.170 e. The third-order valence-corrected chi connectivity index (χ3v) is 2.99. The maximum absolute atomic E-state index is 8.71. The number of hydrogen-bond donors (Lipinski definition) is 2. The van der Waals surface area contributed by atoms with Crippen molar-refractivity contribution < 1.29 is 9.94 Å². The Labute approximate surface area is 117 Å². The quantitative estimate of drug-likeness (QED) is 0.376. The van der Waals surface area contributed by atoms with E-state index >= 15 is 0 Å². The minimum atomic E-state index is 0.0966. The summed E-state index contributed by atoms with van der Waals surface area (Å²) in [6.45, 7) is 5.09. The molecule has 106 valence electrons. The average Bonchev–Trinajstić information content (AvgIpc) is 2.93. The summed E-state index contributed by atoms with van der Waals surface area (Å²) in [6.07, 6.45) is 3.63. The molecule has 1 heterocycles. The zero-order valence-corrected chi connectivity index (χ0v) is 11.6. The van der Waals surface area contributed by atoms with Crippen molar-refractivity contribution in [1.29, 1.82) is 0 Å². The summed E-state index contributed by atoms with van der Waals surface area (Å²) in [5, 5.41) is 15.8. The highest BCUT2D eigenvalue weighted by atomic mass is 16.5. The lowest BCUT2D eigenvalue weighted by Crippen LogP contribution is -2.14. The lowest BCUT2D eigenvalue weighted by molar-refractivity contribution is 0.287. The lowest BCUT2D eigenvalue weighted by atomic mass is 10.1. The van der Waals surface area contributed by atoms with Gasteiger partial charge in [-0.1, -0.05) is 5.16 Å². The maximum Gasteiger partial charge on any atom is 0.170 e. The third kappa shape index (κ3) is 3.09. The molecule has 0 fully saturated rings. The second kappa shape index (κ2) is 6.10. The molecular weight excluding hydrogens is 256 g/mol. The van der Waals surface area contributed by atoms with Gasteiger partial charge in [-0.05, 0) is 43.2 Å². The van der Waals surface area contributed by atoms with Gasteiger partial charge in [0.2, 0.25) is 0 Å². The first-order valence-corrected chi connectivity index (χ1v) is 6.31. The summed E-state index contributed by atoms with van der Waals surface area (Å²) >= 11 is 0. The molecule has 0 spiro atoms. The van der Waals surface area contributed by atoms with Gasteiger partial charge >= 0.3 is 0 Å². The molecule has 0 saturated carbocycles. The molecule has 6 heteroatoms. The van der Waals surface area contributed by atoms with E-state index in [1.807, 2.05) is 42.9 Å². The average molecular weight is 274 g/mol. The van der Waals surface area contributed by atoms with Crippen LogP contribution in [0.3, 0.4) is 0 Å². The summed E-state index contributed by atoms with van der Waals surface area (Å²) in [5.74, 6) is 0.922. The highest BCUT2D eigenvalue weighted by molar-refractivity contribution is 5.97. The van der Waals surface area contributed by atoms with E-state index in [9.17, 15) is 0 Å². The SMILES string of the molecule is Cc1cc(C(N)=NO)cc(C)c1OCCn1cccn1. The minimum Gasteiger partial charge on any atom is -0.491 e. The van der Waals surface area contributed by atoms with Crippen LogP contribution in [0.4, 0.5) is 0 Å². The van der Waals surface area contributed by atoms with Crippen molar-refractivity contribution in [2.45, 2.75) is 20.4 Å². The number of rotatable bonds is 5. The minimum absolute atomic E-state index is 0.0966. The van der Waals surface area contributed by atoms with Gasteiger partial charge in [-0.25, -0.2) is 0 Å². The predicted octanol–water partition coefficient (Wildman–Crippen LogP) is 1.67. The monoisotopic (exact) mass is 274 g/mol. The van der Waals surface area contributed by atoms with Gasteiger partial charge in [-0.3, -0.25) is 4.68 Å². The van der Waals surface area contributed by atoms with Crippen LogP contribution in [0.15, 0.2) is 35.7 Å². The molecule has 2 rings (SSSR count). The number of benzene rings is 1. The van der Waals surface area contributed by atoms with E-state index in [1.165, 1.54) is 0 Å². The first-order chi connectivity index (χ1) is 9.61. The lowest BCUT2D eigenvalue weighted by Gasteiger charge is -2.13. The zero-order chi connectivity index (χ0) is 14.5. The molecule has 0 saturated heterocycles. The van der Waals surface area contributed by atoms with Crippen molar-refractivity contribution in [2.24, 2.45) is 10.9 Å². The third-order valence-electron chi connectivity index (χ3n) is 2.99. The summed E-state index contributed by atoms with van der Waals surface area (Å²) in [7, 11) is 0. The van der Waals surface area contributed by atoms with Gasteiger partial charge in [0, 0.05) is 18.0 Å². The molecule has 6 nitrogen and oxygen atoms in total. The Morgan fingerprint density at radius 2 is 2.10 bits per heavy atom. The van der Waals surface area contributed by atoms with Crippen LogP contribution >= 0.6 is 0 Å². The van der Waals surface area contributed by atoms with E-state index in [4.69, 9.17) is 15.7 Å². The van der Waals surface area contributed by atoms with Crippen molar-refractivity contribution in [3.8, 4) is 5.75 Å². The number of nitrogens with two attached hydrogens (primary N) is 1. The van der Waals surface area contributed by atoms with Crippen LogP contribution in [-0.4, -0.2) is 27.4 Å².